The third-order valence-corrected chi connectivity index (χ3v) is 5.21. The van der Waals surface area contributed by atoms with Crippen LogP contribution in [0.15, 0.2) is 73.1 Å². The standard InChI is InChI=1S/C24H22N4O4/c29-21(11-16-28-23(31)19-5-1-2-6-20(19)24(28)32)25-12-13-26-22(30)17-7-9-18(10-8-17)27-14-3-4-15-27/h1-10,14-15H,11-13,16H2,(H,25,29)(H,26,30). The molecule has 2 aromatic carbocycles. The summed E-state index contributed by atoms with van der Waals surface area (Å²) in [5, 5.41) is 5.44. The molecule has 0 unspecified atom stereocenters. The minimum atomic E-state index is -0.381. The molecule has 0 aliphatic carbocycles. The Morgan fingerprint density at radius 2 is 1.34 bits per heavy atom. The maximum absolute atomic E-state index is 12.3. The lowest BCUT2D eigenvalue weighted by atomic mass is 10.1. The van der Waals surface area contributed by atoms with Crippen LogP contribution in [-0.4, -0.2) is 52.7 Å². The molecule has 0 fully saturated rings. The van der Waals surface area contributed by atoms with E-state index in [4.69, 9.17) is 0 Å². The average molecular weight is 430 g/mol. The molecule has 0 saturated heterocycles. The normalized spacial score (nSPS) is 12.6. The lowest BCUT2D eigenvalue weighted by molar-refractivity contribution is -0.121. The van der Waals surface area contributed by atoms with E-state index in [-0.39, 0.29) is 49.7 Å². The van der Waals surface area contributed by atoms with Crippen molar-refractivity contribution < 1.29 is 19.2 Å². The lowest BCUT2D eigenvalue weighted by Crippen LogP contribution is -2.37. The number of benzene rings is 2. The third-order valence-electron chi connectivity index (χ3n) is 5.21. The van der Waals surface area contributed by atoms with E-state index in [0.717, 1.165) is 10.6 Å². The quantitative estimate of drug-likeness (QED) is 0.422. The van der Waals surface area contributed by atoms with Crippen molar-refractivity contribution in [1.29, 1.82) is 0 Å². The van der Waals surface area contributed by atoms with Crippen LogP contribution in [0.4, 0.5) is 0 Å². The highest BCUT2D eigenvalue weighted by atomic mass is 16.2. The maximum Gasteiger partial charge on any atom is 0.261 e. The molecule has 1 aromatic heterocycles. The van der Waals surface area contributed by atoms with Crippen molar-refractivity contribution in [2.45, 2.75) is 6.42 Å². The number of carbonyl (C=O) groups excluding carboxylic acids is 4. The van der Waals surface area contributed by atoms with Crippen LogP contribution in [0.3, 0.4) is 0 Å². The number of imide groups is 1. The number of hydrogen-bond donors (Lipinski definition) is 2. The second kappa shape index (κ2) is 9.30. The topological polar surface area (TPSA) is 101 Å². The van der Waals surface area contributed by atoms with Gasteiger partial charge in [0.2, 0.25) is 5.91 Å². The van der Waals surface area contributed by atoms with Crippen LogP contribution in [0.2, 0.25) is 0 Å². The SMILES string of the molecule is O=C(CCN1C(=O)c2ccccc2C1=O)NCCNC(=O)c1ccc(-n2cccc2)cc1. The molecule has 4 amide bonds. The van der Waals surface area contributed by atoms with Gasteiger partial charge in [0.1, 0.15) is 0 Å². The van der Waals surface area contributed by atoms with Gasteiger partial charge in [-0.25, -0.2) is 0 Å². The Morgan fingerprint density at radius 1 is 0.750 bits per heavy atom. The summed E-state index contributed by atoms with van der Waals surface area (Å²) in [6.45, 7) is 0.517. The molecular formula is C24H22N4O4. The molecule has 1 aliphatic heterocycles. The fraction of sp³-hybridized carbons (Fsp3) is 0.167. The van der Waals surface area contributed by atoms with Gasteiger partial charge in [-0.15, -0.1) is 0 Å². The summed E-state index contributed by atoms with van der Waals surface area (Å²) < 4.78 is 1.94. The highest BCUT2D eigenvalue weighted by Gasteiger charge is 2.34. The van der Waals surface area contributed by atoms with Crippen LogP contribution >= 0.6 is 0 Å². The van der Waals surface area contributed by atoms with Gasteiger partial charge in [0.05, 0.1) is 11.1 Å². The van der Waals surface area contributed by atoms with Crippen LogP contribution in [0.25, 0.3) is 5.69 Å². The Morgan fingerprint density at radius 3 is 1.97 bits per heavy atom. The zero-order chi connectivity index (χ0) is 22.5. The van der Waals surface area contributed by atoms with Crippen LogP contribution in [0, 0.1) is 0 Å². The van der Waals surface area contributed by atoms with Gasteiger partial charge in [0.15, 0.2) is 0 Å². The molecule has 2 N–H and O–H groups in total. The zero-order valence-electron chi connectivity index (χ0n) is 17.3. The first-order chi connectivity index (χ1) is 15.5. The molecular weight excluding hydrogens is 408 g/mol. The monoisotopic (exact) mass is 430 g/mol. The van der Waals surface area contributed by atoms with E-state index in [1.54, 1.807) is 36.4 Å². The number of amides is 4. The molecule has 0 radical (unpaired) electrons. The van der Waals surface area contributed by atoms with E-state index < -0.39 is 0 Å². The number of nitrogens with zero attached hydrogens (tertiary/aromatic N) is 2. The van der Waals surface area contributed by atoms with Gasteiger partial charge in [-0.1, -0.05) is 12.1 Å². The minimum Gasteiger partial charge on any atom is -0.354 e. The summed E-state index contributed by atoms with van der Waals surface area (Å²) in [5.41, 5.74) is 2.21. The van der Waals surface area contributed by atoms with E-state index in [0.29, 0.717) is 16.7 Å². The maximum atomic E-state index is 12.3. The number of aromatic nitrogens is 1. The van der Waals surface area contributed by atoms with E-state index in [1.165, 1.54) is 0 Å². The summed E-state index contributed by atoms with van der Waals surface area (Å²) in [7, 11) is 0. The molecule has 3 aromatic rings. The molecule has 2 heterocycles. The van der Waals surface area contributed by atoms with Gasteiger partial charge in [0, 0.05) is 49.7 Å². The molecule has 1 aliphatic rings. The van der Waals surface area contributed by atoms with Crippen molar-refractivity contribution in [3.05, 3.63) is 89.7 Å². The van der Waals surface area contributed by atoms with Crippen LogP contribution < -0.4 is 10.6 Å². The summed E-state index contributed by atoms with van der Waals surface area (Å²) in [6.07, 6.45) is 3.85. The van der Waals surface area contributed by atoms with Crippen molar-refractivity contribution in [2.75, 3.05) is 19.6 Å². The summed E-state index contributed by atoms with van der Waals surface area (Å²) in [5.74, 6) is -1.29. The molecule has 8 heteroatoms. The predicted octanol–water partition coefficient (Wildman–Crippen LogP) is 2.01. The second-order valence-corrected chi connectivity index (χ2v) is 7.30. The van der Waals surface area contributed by atoms with Crippen molar-refractivity contribution in [2.24, 2.45) is 0 Å². The van der Waals surface area contributed by atoms with E-state index in [1.807, 2.05) is 41.2 Å². The first-order valence-electron chi connectivity index (χ1n) is 10.3. The molecule has 4 rings (SSSR count). The Bertz CT molecular complexity index is 1120. The first kappa shape index (κ1) is 21.0. The molecule has 32 heavy (non-hydrogen) atoms. The number of nitrogens with one attached hydrogen (secondary N) is 2. The van der Waals surface area contributed by atoms with Gasteiger partial charge in [-0.2, -0.15) is 0 Å². The average Bonchev–Trinajstić information content (AvgIpc) is 3.44. The molecule has 0 saturated carbocycles. The first-order valence-corrected chi connectivity index (χ1v) is 10.3. The molecule has 0 spiro atoms. The molecule has 8 nitrogen and oxygen atoms in total. The third kappa shape index (κ3) is 4.44. The van der Waals surface area contributed by atoms with E-state index in [2.05, 4.69) is 10.6 Å². The highest BCUT2D eigenvalue weighted by molar-refractivity contribution is 6.21. The van der Waals surface area contributed by atoms with Gasteiger partial charge >= 0.3 is 0 Å². The fourth-order valence-electron chi connectivity index (χ4n) is 3.52. The lowest BCUT2D eigenvalue weighted by Gasteiger charge is -2.13. The Labute approximate surface area is 184 Å². The summed E-state index contributed by atoms with van der Waals surface area (Å²) in [4.78, 5) is 50.0. The van der Waals surface area contributed by atoms with E-state index >= 15 is 0 Å². The Hall–Kier alpha value is -4.20. The molecule has 0 atom stereocenters. The second-order valence-electron chi connectivity index (χ2n) is 7.30. The van der Waals surface area contributed by atoms with Crippen LogP contribution in [0.5, 0.6) is 0 Å². The number of fused-ring (bicyclic) bond motifs is 1. The minimum absolute atomic E-state index is 0.000268. The van der Waals surface area contributed by atoms with E-state index in [9.17, 15) is 19.2 Å². The predicted molar refractivity (Wildman–Crippen MR) is 118 cm³/mol. The van der Waals surface area contributed by atoms with Gasteiger partial charge in [-0.3, -0.25) is 24.1 Å². The van der Waals surface area contributed by atoms with Crippen LogP contribution in [-0.2, 0) is 4.79 Å². The number of carbonyl (C=O) groups is 4. The van der Waals surface area contributed by atoms with Gasteiger partial charge in [0.25, 0.3) is 17.7 Å². The smallest absolute Gasteiger partial charge is 0.261 e. The molecule has 0 bridgehead atoms. The van der Waals surface area contributed by atoms with Gasteiger partial charge in [-0.05, 0) is 48.5 Å². The van der Waals surface area contributed by atoms with Crippen molar-refractivity contribution in [3.8, 4) is 5.69 Å². The number of rotatable bonds is 8. The highest BCUT2D eigenvalue weighted by Crippen LogP contribution is 2.22. The Kier molecular flexibility index (Phi) is 6.12. The summed E-state index contributed by atoms with van der Waals surface area (Å²) >= 11 is 0. The fourth-order valence-corrected chi connectivity index (χ4v) is 3.52. The van der Waals surface area contributed by atoms with Gasteiger partial charge < -0.3 is 15.2 Å². The zero-order valence-corrected chi connectivity index (χ0v) is 17.3. The molecule has 162 valence electrons. The van der Waals surface area contributed by atoms with Crippen molar-refractivity contribution >= 4 is 23.6 Å². The summed E-state index contributed by atoms with van der Waals surface area (Å²) in [6, 6.07) is 17.7. The van der Waals surface area contributed by atoms with Crippen molar-refractivity contribution in [3.63, 3.8) is 0 Å². The number of hydrogen-bond acceptors (Lipinski definition) is 4. The largest absolute Gasteiger partial charge is 0.354 e. The Balaban J connectivity index is 1.18. The van der Waals surface area contributed by atoms with Crippen LogP contribution in [0.1, 0.15) is 37.5 Å². The van der Waals surface area contributed by atoms with Crippen molar-refractivity contribution in [1.82, 2.24) is 20.1 Å².